The number of anilines is 1. The van der Waals surface area contributed by atoms with E-state index in [0.29, 0.717) is 17.2 Å². The van der Waals surface area contributed by atoms with E-state index >= 15 is 0 Å². The van der Waals surface area contributed by atoms with Gasteiger partial charge < -0.3 is 10.1 Å². The van der Waals surface area contributed by atoms with Gasteiger partial charge in [0.25, 0.3) is 0 Å². The van der Waals surface area contributed by atoms with Gasteiger partial charge in [-0.25, -0.2) is 4.79 Å². The molecule has 1 aliphatic carbocycles. The van der Waals surface area contributed by atoms with Gasteiger partial charge in [0.1, 0.15) is 5.00 Å². The number of benzene rings is 1. The summed E-state index contributed by atoms with van der Waals surface area (Å²) in [5.41, 5.74) is 2.57. The number of rotatable bonds is 5. The number of hydrogen-bond donors (Lipinski definition) is 1. The lowest BCUT2D eigenvalue weighted by molar-refractivity contribution is -0.111. The maximum atomic E-state index is 12.5. The molecule has 0 unspecified atom stereocenters. The molecule has 0 saturated heterocycles. The number of thiophene rings is 1. The van der Waals surface area contributed by atoms with Gasteiger partial charge >= 0.3 is 5.97 Å². The van der Waals surface area contributed by atoms with Gasteiger partial charge in [-0.15, -0.1) is 11.3 Å². The van der Waals surface area contributed by atoms with Crippen LogP contribution in [0.2, 0.25) is 0 Å². The topological polar surface area (TPSA) is 55.4 Å². The molecule has 1 aliphatic rings. The van der Waals surface area contributed by atoms with Gasteiger partial charge in [0.05, 0.1) is 12.2 Å². The van der Waals surface area contributed by atoms with Crippen LogP contribution >= 0.6 is 11.3 Å². The van der Waals surface area contributed by atoms with Crippen molar-refractivity contribution in [2.45, 2.75) is 39.0 Å². The van der Waals surface area contributed by atoms with Crippen LogP contribution in [0.25, 0.3) is 6.08 Å². The first-order valence-corrected chi connectivity index (χ1v) is 9.86. The minimum atomic E-state index is -0.339. The largest absolute Gasteiger partial charge is 0.462 e. The molecule has 1 amide bonds. The molecule has 3 rings (SSSR count). The van der Waals surface area contributed by atoms with E-state index in [2.05, 4.69) is 5.32 Å². The first-order chi connectivity index (χ1) is 12.7. The highest BCUT2D eigenvalue weighted by Gasteiger charge is 2.26. The summed E-state index contributed by atoms with van der Waals surface area (Å²) >= 11 is 1.51. The highest BCUT2D eigenvalue weighted by molar-refractivity contribution is 7.17. The van der Waals surface area contributed by atoms with Crippen LogP contribution in [0, 0.1) is 0 Å². The molecule has 1 aromatic carbocycles. The molecule has 1 heterocycles. The molecule has 0 radical (unpaired) electrons. The van der Waals surface area contributed by atoms with Crippen molar-refractivity contribution >= 4 is 34.3 Å². The maximum absolute atomic E-state index is 12.5. The lowest BCUT2D eigenvalue weighted by Crippen LogP contribution is -2.13. The molecule has 2 aromatic rings. The van der Waals surface area contributed by atoms with Crippen LogP contribution in [0.15, 0.2) is 36.4 Å². The van der Waals surface area contributed by atoms with Gasteiger partial charge in [-0.3, -0.25) is 4.79 Å². The predicted molar refractivity (Wildman–Crippen MR) is 106 cm³/mol. The van der Waals surface area contributed by atoms with E-state index in [1.54, 1.807) is 13.0 Å². The summed E-state index contributed by atoms with van der Waals surface area (Å²) in [4.78, 5) is 26.0. The Labute approximate surface area is 157 Å². The van der Waals surface area contributed by atoms with E-state index < -0.39 is 0 Å². The van der Waals surface area contributed by atoms with Crippen LogP contribution < -0.4 is 5.32 Å². The van der Waals surface area contributed by atoms with Crippen LogP contribution in [0.5, 0.6) is 0 Å². The summed E-state index contributed by atoms with van der Waals surface area (Å²) in [7, 11) is 0. The number of hydrogen-bond acceptors (Lipinski definition) is 4. The Balaban J connectivity index is 1.83. The third kappa shape index (κ3) is 4.41. The van der Waals surface area contributed by atoms with Crippen LogP contribution in [-0.2, 0) is 22.4 Å². The summed E-state index contributed by atoms with van der Waals surface area (Å²) in [6.07, 6.45) is 8.45. The van der Waals surface area contributed by atoms with Crippen molar-refractivity contribution in [3.63, 3.8) is 0 Å². The normalized spacial score (nSPS) is 13.9. The highest BCUT2D eigenvalue weighted by atomic mass is 32.1. The fourth-order valence-corrected chi connectivity index (χ4v) is 4.42. The van der Waals surface area contributed by atoms with Crippen molar-refractivity contribution in [1.82, 2.24) is 0 Å². The second-order valence-electron chi connectivity index (χ2n) is 6.22. The van der Waals surface area contributed by atoms with E-state index in [1.807, 2.05) is 30.3 Å². The average Bonchev–Trinajstić information content (AvgIpc) is 2.82. The van der Waals surface area contributed by atoms with Gasteiger partial charge in [0.15, 0.2) is 0 Å². The highest BCUT2D eigenvalue weighted by Crippen LogP contribution is 2.38. The lowest BCUT2D eigenvalue weighted by Gasteiger charge is -2.07. The minimum absolute atomic E-state index is 0.240. The van der Waals surface area contributed by atoms with Crippen molar-refractivity contribution in [2.24, 2.45) is 0 Å². The monoisotopic (exact) mass is 369 g/mol. The molecule has 1 N–H and O–H groups in total. The molecule has 0 bridgehead atoms. The average molecular weight is 369 g/mol. The summed E-state index contributed by atoms with van der Waals surface area (Å²) in [6.45, 7) is 2.12. The molecule has 0 aliphatic heterocycles. The van der Waals surface area contributed by atoms with Crippen molar-refractivity contribution in [3.05, 3.63) is 58.0 Å². The first kappa shape index (κ1) is 18.4. The van der Waals surface area contributed by atoms with Crippen molar-refractivity contribution < 1.29 is 14.3 Å². The molecule has 1 aromatic heterocycles. The molecule has 26 heavy (non-hydrogen) atoms. The van der Waals surface area contributed by atoms with E-state index in [1.165, 1.54) is 28.7 Å². The van der Waals surface area contributed by atoms with E-state index in [4.69, 9.17) is 4.74 Å². The third-order valence-electron chi connectivity index (χ3n) is 4.36. The number of amides is 1. The smallest absolute Gasteiger partial charge is 0.341 e. The van der Waals surface area contributed by atoms with E-state index in [0.717, 1.165) is 36.8 Å². The summed E-state index contributed by atoms with van der Waals surface area (Å²) < 4.78 is 5.24. The minimum Gasteiger partial charge on any atom is -0.462 e. The Kier molecular flexibility index (Phi) is 6.23. The zero-order valence-electron chi connectivity index (χ0n) is 14.9. The standard InChI is InChI=1S/C21H23NO3S/c1-2-25-21(24)19-16-11-7-4-8-12-17(16)26-20(19)22-18(23)14-13-15-9-5-3-6-10-15/h3,5-6,9-10,13-14H,2,4,7-8,11-12H2,1H3,(H,22,23)/b14-13+. The Bertz CT molecular complexity index is 808. The molecule has 0 atom stereocenters. The molecule has 136 valence electrons. The molecular formula is C21H23NO3S. The van der Waals surface area contributed by atoms with E-state index in [-0.39, 0.29) is 11.9 Å². The number of carbonyl (C=O) groups excluding carboxylic acids is 2. The predicted octanol–water partition coefficient (Wildman–Crippen LogP) is 4.85. The summed E-state index contributed by atoms with van der Waals surface area (Å²) in [5, 5.41) is 3.50. The summed E-state index contributed by atoms with van der Waals surface area (Å²) in [6, 6.07) is 9.64. The molecule has 0 saturated carbocycles. The quantitative estimate of drug-likeness (QED) is 0.466. The fraction of sp³-hybridized carbons (Fsp3) is 0.333. The first-order valence-electron chi connectivity index (χ1n) is 9.04. The fourth-order valence-electron chi connectivity index (χ4n) is 3.14. The van der Waals surface area contributed by atoms with E-state index in [9.17, 15) is 9.59 Å². The third-order valence-corrected chi connectivity index (χ3v) is 5.57. The molecule has 5 heteroatoms. The zero-order chi connectivity index (χ0) is 18.4. The van der Waals surface area contributed by atoms with Crippen LogP contribution in [-0.4, -0.2) is 18.5 Å². The zero-order valence-corrected chi connectivity index (χ0v) is 15.7. The maximum Gasteiger partial charge on any atom is 0.341 e. The SMILES string of the molecule is CCOC(=O)c1c(NC(=O)/C=C/c2ccccc2)sc2c1CCCCC2. The summed E-state index contributed by atoms with van der Waals surface area (Å²) in [5.74, 6) is -0.579. The Morgan fingerprint density at radius 2 is 1.92 bits per heavy atom. The van der Waals surface area contributed by atoms with Crippen molar-refractivity contribution in [1.29, 1.82) is 0 Å². The number of aryl methyl sites for hydroxylation is 1. The van der Waals surface area contributed by atoms with Crippen LogP contribution in [0.1, 0.15) is 52.5 Å². The van der Waals surface area contributed by atoms with Crippen LogP contribution in [0.4, 0.5) is 5.00 Å². The van der Waals surface area contributed by atoms with Gasteiger partial charge in [-0.2, -0.15) is 0 Å². The van der Waals surface area contributed by atoms with Crippen molar-refractivity contribution in [3.8, 4) is 0 Å². The Morgan fingerprint density at radius 3 is 2.69 bits per heavy atom. The second-order valence-corrected chi connectivity index (χ2v) is 7.33. The number of ether oxygens (including phenoxy) is 1. The van der Waals surface area contributed by atoms with Crippen LogP contribution in [0.3, 0.4) is 0 Å². The molecule has 0 spiro atoms. The molecule has 4 nitrogen and oxygen atoms in total. The number of carbonyl (C=O) groups is 2. The number of esters is 1. The lowest BCUT2D eigenvalue weighted by atomic mass is 10.1. The van der Waals surface area contributed by atoms with Gasteiger partial charge in [0, 0.05) is 11.0 Å². The van der Waals surface area contributed by atoms with Gasteiger partial charge in [-0.05, 0) is 49.8 Å². The van der Waals surface area contributed by atoms with Gasteiger partial charge in [0.2, 0.25) is 5.91 Å². The van der Waals surface area contributed by atoms with Gasteiger partial charge in [-0.1, -0.05) is 36.8 Å². The van der Waals surface area contributed by atoms with Crippen molar-refractivity contribution in [2.75, 3.05) is 11.9 Å². The second kappa shape index (κ2) is 8.81. The molecule has 0 fully saturated rings. The Hall–Kier alpha value is -2.40. The number of fused-ring (bicyclic) bond motifs is 1. The molecular weight excluding hydrogens is 346 g/mol. The number of nitrogens with one attached hydrogen (secondary N) is 1. The Morgan fingerprint density at radius 1 is 1.15 bits per heavy atom.